The lowest BCUT2D eigenvalue weighted by atomic mass is 10.1. The number of rotatable bonds is 4. The zero-order chi connectivity index (χ0) is 17.1. The first-order valence-electron chi connectivity index (χ1n) is 7.91. The van der Waals surface area contributed by atoms with Crippen molar-refractivity contribution in [3.8, 4) is 0 Å². The molecule has 1 saturated heterocycles. The van der Waals surface area contributed by atoms with E-state index in [1.54, 1.807) is 0 Å². The molecule has 128 valence electrons. The van der Waals surface area contributed by atoms with Crippen LogP contribution in [0.1, 0.15) is 32.5 Å². The maximum Gasteiger partial charge on any atom is 0.266 e. The van der Waals surface area contributed by atoms with E-state index < -0.39 is 0 Å². The largest absolute Gasteiger partial charge is 0.375 e. The SMILES string of the molecule is Cc1nc(C)c(C(=O)N2CCO[C@H](CCc3cc(=O)[nH]cn3)C2)s1. The summed E-state index contributed by atoms with van der Waals surface area (Å²) in [5.74, 6) is 0.0284. The molecular weight excluding hydrogens is 328 g/mol. The van der Waals surface area contributed by atoms with Crippen molar-refractivity contribution in [2.75, 3.05) is 19.7 Å². The Morgan fingerprint density at radius 1 is 1.50 bits per heavy atom. The lowest BCUT2D eigenvalue weighted by Crippen LogP contribution is -2.45. The molecule has 24 heavy (non-hydrogen) atoms. The van der Waals surface area contributed by atoms with Crippen LogP contribution in [0.5, 0.6) is 0 Å². The Kier molecular flexibility index (Phi) is 5.06. The number of morpholine rings is 1. The predicted octanol–water partition coefficient (Wildman–Crippen LogP) is 1.32. The summed E-state index contributed by atoms with van der Waals surface area (Å²) in [5.41, 5.74) is 1.37. The molecule has 3 rings (SSSR count). The van der Waals surface area contributed by atoms with Gasteiger partial charge in [0.2, 0.25) is 0 Å². The summed E-state index contributed by atoms with van der Waals surface area (Å²) in [4.78, 5) is 37.5. The fraction of sp³-hybridized carbons (Fsp3) is 0.500. The van der Waals surface area contributed by atoms with E-state index in [1.165, 1.54) is 23.7 Å². The highest BCUT2D eigenvalue weighted by Gasteiger charge is 2.27. The third-order valence-electron chi connectivity index (χ3n) is 3.98. The van der Waals surface area contributed by atoms with Gasteiger partial charge in [0.15, 0.2) is 0 Å². The van der Waals surface area contributed by atoms with Crippen molar-refractivity contribution in [2.24, 2.45) is 0 Å². The van der Waals surface area contributed by atoms with Gasteiger partial charge >= 0.3 is 0 Å². The summed E-state index contributed by atoms with van der Waals surface area (Å²) in [6.07, 6.45) is 2.73. The monoisotopic (exact) mass is 348 g/mol. The van der Waals surface area contributed by atoms with Crippen LogP contribution in [0.3, 0.4) is 0 Å². The minimum Gasteiger partial charge on any atom is -0.375 e. The maximum absolute atomic E-state index is 12.7. The number of aromatic nitrogens is 3. The van der Waals surface area contributed by atoms with E-state index in [0.717, 1.165) is 22.8 Å². The topological polar surface area (TPSA) is 88.2 Å². The van der Waals surface area contributed by atoms with Gasteiger partial charge in [0.25, 0.3) is 11.5 Å². The van der Waals surface area contributed by atoms with E-state index in [4.69, 9.17) is 4.74 Å². The molecule has 1 aliphatic heterocycles. The molecule has 0 bridgehead atoms. The Hall–Kier alpha value is -2.06. The molecule has 0 unspecified atom stereocenters. The summed E-state index contributed by atoms with van der Waals surface area (Å²) in [5, 5.41) is 0.904. The number of nitrogens with one attached hydrogen (secondary N) is 1. The zero-order valence-corrected chi connectivity index (χ0v) is 14.6. The molecule has 0 aromatic carbocycles. The molecule has 1 N–H and O–H groups in total. The van der Waals surface area contributed by atoms with Crippen LogP contribution in [0.25, 0.3) is 0 Å². The van der Waals surface area contributed by atoms with Gasteiger partial charge in [0.1, 0.15) is 4.88 Å². The molecule has 8 heteroatoms. The predicted molar refractivity (Wildman–Crippen MR) is 90.4 cm³/mol. The number of nitrogens with zero attached hydrogens (tertiary/aromatic N) is 3. The minimum absolute atomic E-state index is 0.0284. The van der Waals surface area contributed by atoms with E-state index >= 15 is 0 Å². The highest BCUT2D eigenvalue weighted by molar-refractivity contribution is 7.13. The average Bonchev–Trinajstić information content (AvgIpc) is 2.91. The molecule has 1 amide bonds. The van der Waals surface area contributed by atoms with E-state index in [0.29, 0.717) is 31.0 Å². The molecule has 0 saturated carbocycles. The van der Waals surface area contributed by atoms with Crippen LogP contribution in [-0.4, -0.2) is 51.6 Å². The molecule has 0 radical (unpaired) electrons. The number of carbonyl (C=O) groups excluding carboxylic acids is 1. The van der Waals surface area contributed by atoms with Crippen LogP contribution in [0, 0.1) is 13.8 Å². The van der Waals surface area contributed by atoms with Crippen molar-refractivity contribution in [1.29, 1.82) is 0 Å². The Balaban J connectivity index is 1.61. The van der Waals surface area contributed by atoms with Crippen LogP contribution in [0.4, 0.5) is 0 Å². The highest BCUT2D eigenvalue weighted by Crippen LogP contribution is 2.21. The molecular formula is C16H20N4O3S. The molecule has 0 aliphatic carbocycles. The summed E-state index contributed by atoms with van der Waals surface area (Å²) in [7, 11) is 0. The van der Waals surface area contributed by atoms with Crippen molar-refractivity contribution in [3.05, 3.63) is 44.0 Å². The molecule has 1 fully saturated rings. The van der Waals surface area contributed by atoms with Gasteiger partial charge in [-0.2, -0.15) is 0 Å². The van der Waals surface area contributed by atoms with Crippen LogP contribution in [0.15, 0.2) is 17.2 Å². The summed E-state index contributed by atoms with van der Waals surface area (Å²) in [6.45, 7) is 5.45. The third-order valence-corrected chi connectivity index (χ3v) is 5.04. The van der Waals surface area contributed by atoms with E-state index in [1.807, 2.05) is 18.7 Å². The van der Waals surface area contributed by atoms with Gasteiger partial charge in [0, 0.05) is 24.8 Å². The number of H-pyrrole nitrogens is 1. The number of carbonyl (C=O) groups is 1. The van der Waals surface area contributed by atoms with Crippen LogP contribution in [-0.2, 0) is 11.2 Å². The lowest BCUT2D eigenvalue weighted by molar-refractivity contribution is -0.0245. The van der Waals surface area contributed by atoms with E-state index in [2.05, 4.69) is 15.0 Å². The molecule has 0 spiro atoms. The molecule has 2 aromatic rings. The zero-order valence-electron chi connectivity index (χ0n) is 13.7. The summed E-state index contributed by atoms with van der Waals surface area (Å²) in [6, 6.07) is 1.50. The first-order chi connectivity index (χ1) is 11.5. The Bertz CT molecular complexity index is 786. The maximum atomic E-state index is 12.7. The first kappa shape index (κ1) is 16.8. The minimum atomic E-state index is -0.155. The first-order valence-corrected chi connectivity index (χ1v) is 8.73. The van der Waals surface area contributed by atoms with Crippen molar-refractivity contribution >= 4 is 17.2 Å². The fourth-order valence-electron chi connectivity index (χ4n) is 2.81. The van der Waals surface area contributed by atoms with Gasteiger partial charge in [-0.1, -0.05) is 0 Å². The van der Waals surface area contributed by atoms with E-state index in [9.17, 15) is 9.59 Å². The number of ether oxygens (including phenoxy) is 1. The molecule has 1 aliphatic rings. The summed E-state index contributed by atoms with van der Waals surface area (Å²) < 4.78 is 5.76. The van der Waals surface area contributed by atoms with Crippen molar-refractivity contribution < 1.29 is 9.53 Å². The van der Waals surface area contributed by atoms with Crippen LogP contribution in [0.2, 0.25) is 0 Å². The lowest BCUT2D eigenvalue weighted by Gasteiger charge is -2.32. The molecule has 3 heterocycles. The number of thiazole rings is 1. The Labute approximate surface area is 143 Å². The number of hydrogen-bond donors (Lipinski definition) is 1. The third kappa shape index (κ3) is 3.88. The number of aromatic amines is 1. The second-order valence-electron chi connectivity index (χ2n) is 5.83. The molecule has 2 aromatic heterocycles. The number of amides is 1. The van der Waals surface area contributed by atoms with Gasteiger partial charge in [-0.15, -0.1) is 11.3 Å². The van der Waals surface area contributed by atoms with Gasteiger partial charge in [-0.3, -0.25) is 9.59 Å². The number of hydrogen-bond acceptors (Lipinski definition) is 6. The van der Waals surface area contributed by atoms with Crippen LogP contribution < -0.4 is 5.56 Å². The van der Waals surface area contributed by atoms with Crippen molar-refractivity contribution in [3.63, 3.8) is 0 Å². The van der Waals surface area contributed by atoms with Crippen LogP contribution >= 0.6 is 11.3 Å². The van der Waals surface area contributed by atoms with Gasteiger partial charge < -0.3 is 14.6 Å². The van der Waals surface area contributed by atoms with Crippen molar-refractivity contribution in [1.82, 2.24) is 19.9 Å². The number of aryl methyl sites for hydroxylation is 3. The average molecular weight is 348 g/mol. The molecule has 7 nitrogen and oxygen atoms in total. The second kappa shape index (κ2) is 7.23. The van der Waals surface area contributed by atoms with Crippen molar-refractivity contribution in [2.45, 2.75) is 32.8 Å². The quantitative estimate of drug-likeness (QED) is 0.900. The second-order valence-corrected chi connectivity index (χ2v) is 7.04. The normalized spacial score (nSPS) is 17.9. The smallest absolute Gasteiger partial charge is 0.266 e. The van der Waals surface area contributed by atoms with Gasteiger partial charge in [0.05, 0.1) is 29.7 Å². The molecule has 1 atom stereocenters. The Morgan fingerprint density at radius 3 is 3.04 bits per heavy atom. The summed E-state index contributed by atoms with van der Waals surface area (Å²) >= 11 is 1.44. The fourth-order valence-corrected chi connectivity index (χ4v) is 3.69. The van der Waals surface area contributed by atoms with Gasteiger partial charge in [-0.05, 0) is 26.7 Å². The standard InChI is InChI=1S/C16H20N4O3S/c1-10-15(24-11(2)19-10)16(22)20-5-6-23-13(8-20)4-3-12-7-14(21)18-9-17-12/h7,9,13H,3-6,8H2,1-2H3,(H,17,18,21)/t13-/m1/s1. The van der Waals surface area contributed by atoms with Gasteiger partial charge in [-0.25, -0.2) is 9.97 Å². The van der Waals surface area contributed by atoms with E-state index in [-0.39, 0.29) is 17.6 Å². The highest BCUT2D eigenvalue weighted by atomic mass is 32.1. The Morgan fingerprint density at radius 2 is 2.33 bits per heavy atom.